The standard InChI is InChI=1S/C24H24N2O4/c1-27-20-8-4-18(5-9-20)25-13-17-3-12-23-22(24(17)30-16-25)14-26(15-29-23)19-6-10-21(28-2)11-7-19/h3-12H,13-16H2,1-2H3. The molecule has 0 unspecified atom stereocenters. The summed E-state index contributed by atoms with van der Waals surface area (Å²) in [6.45, 7) is 2.54. The first kappa shape index (κ1) is 18.5. The van der Waals surface area contributed by atoms with Gasteiger partial charge in [0.05, 0.1) is 26.3 Å². The normalized spacial score (nSPS) is 14.9. The Morgan fingerprint density at radius 2 is 1.23 bits per heavy atom. The molecule has 0 N–H and O–H groups in total. The van der Waals surface area contributed by atoms with E-state index in [1.165, 1.54) is 0 Å². The Labute approximate surface area is 176 Å². The summed E-state index contributed by atoms with van der Waals surface area (Å²) in [5.41, 5.74) is 4.46. The second-order valence-corrected chi connectivity index (χ2v) is 7.37. The van der Waals surface area contributed by atoms with E-state index in [-0.39, 0.29) is 0 Å². The molecule has 2 heterocycles. The summed E-state index contributed by atoms with van der Waals surface area (Å²) in [4.78, 5) is 4.40. The minimum absolute atomic E-state index is 0.498. The maximum Gasteiger partial charge on any atom is 0.161 e. The van der Waals surface area contributed by atoms with Gasteiger partial charge in [-0.25, -0.2) is 0 Å². The highest BCUT2D eigenvalue weighted by atomic mass is 16.5. The first-order chi connectivity index (χ1) is 14.7. The van der Waals surface area contributed by atoms with Crippen LogP contribution in [0.5, 0.6) is 23.0 Å². The lowest BCUT2D eigenvalue weighted by Crippen LogP contribution is -2.35. The molecule has 0 spiro atoms. The lowest BCUT2D eigenvalue weighted by atomic mass is 10.0. The zero-order chi connectivity index (χ0) is 20.5. The zero-order valence-corrected chi connectivity index (χ0v) is 17.1. The van der Waals surface area contributed by atoms with E-state index in [2.05, 4.69) is 46.2 Å². The van der Waals surface area contributed by atoms with Crippen molar-refractivity contribution >= 4 is 11.4 Å². The number of hydrogen-bond donors (Lipinski definition) is 0. The number of ether oxygens (including phenoxy) is 4. The van der Waals surface area contributed by atoms with Crippen molar-refractivity contribution in [2.45, 2.75) is 13.1 Å². The van der Waals surface area contributed by atoms with Gasteiger partial charge in [-0.05, 0) is 60.7 Å². The van der Waals surface area contributed by atoms with Crippen LogP contribution in [-0.2, 0) is 13.1 Å². The predicted molar refractivity (Wildman–Crippen MR) is 116 cm³/mol. The average molecular weight is 404 g/mol. The van der Waals surface area contributed by atoms with Gasteiger partial charge in [0.25, 0.3) is 0 Å². The van der Waals surface area contributed by atoms with E-state index in [9.17, 15) is 0 Å². The lowest BCUT2D eigenvalue weighted by Gasteiger charge is -2.36. The number of fused-ring (bicyclic) bond motifs is 3. The molecule has 3 aromatic carbocycles. The van der Waals surface area contributed by atoms with E-state index < -0.39 is 0 Å². The highest BCUT2D eigenvalue weighted by Gasteiger charge is 2.27. The fourth-order valence-corrected chi connectivity index (χ4v) is 3.94. The average Bonchev–Trinajstić information content (AvgIpc) is 2.83. The molecule has 0 bridgehead atoms. The van der Waals surface area contributed by atoms with Crippen LogP contribution in [0.3, 0.4) is 0 Å². The molecule has 5 rings (SSSR count). The van der Waals surface area contributed by atoms with Crippen molar-refractivity contribution in [3.63, 3.8) is 0 Å². The molecule has 0 saturated heterocycles. The smallest absolute Gasteiger partial charge is 0.161 e. The summed E-state index contributed by atoms with van der Waals surface area (Å²) in [7, 11) is 3.35. The molecule has 3 aromatic rings. The van der Waals surface area contributed by atoms with Crippen molar-refractivity contribution < 1.29 is 18.9 Å². The van der Waals surface area contributed by atoms with Crippen LogP contribution in [0.15, 0.2) is 60.7 Å². The van der Waals surface area contributed by atoms with Crippen molar-refractivity contribution in [3.8, 4) is 23.0 Å². The molecule has 2 aliphatic rings. The van der Waals surface area contributed by atoms with Crippen LogP contribution in [0.25, 0.3) is 0 Å². The zero-order valence-electron chi connectivity index (χ0n) is 17.1. The van der Waals surface area contributed by atoms with E-state index in [4.69, 9.17) is 18.9 Å². The summed E-state index contributed by atoms with van der Waals surface area (Å²) < 4.78 is 22.8. The van der Waals surface area contributed by atoms with Gasteiger partial charge in [0.15, 0.2) is 13.5 Å². The van der Waals surface area contributed by atoms with Crippen molar-refractivity contribution in [1.82, 2.24) is 0 Å². The Morgan fingerprint density at radius 1 is 0.667 bits per heavy atom. The quantitative estimate of drug-likeness (QED) is 0.642. The van der Waals surface area contributed by atoms with Crippen molar-refractivity contribution in [1.29, 1.82) is 0 Å². The van der Waals surface area contributed by atoms with E-state index in [0.29, 0.717) is 13.5 Å². The maximum atomic E-state index is 6.23. The Morgan fingerprint density at radius 3 is 1.83 bits per heavy atom. The van der Waals surface area contributed by atoms with Gasteiger partial charge in [-0.2, -0.15) is 0 Å². The third-order valence-corrected chi connectivity index (χ3v) is 5.62. The molecule has 0 radical (unpaired) electrons. The van der Waals surface area contributed by atoms with Gasteiger partial charge in [0, 0.05) is 23.5 Å². The molecule has 0 atom stereocenters. The van der Waals surface area contributed by atoms with Crippen LogP contribution >= 0.6 is 0 Å². The van der Waals surface area contributed by atoms with Crippen LogP contribution in [0.4, 0.5) is 11.4 Å². The fourth-order valence-electron chi connectivity index (χ4n) is 3.94. The number of anilines is 2. The Kier molecular flexibility index (Phi) is 4.75. The molecule has 154 valence electrons. The first-order valence-corrected chi connectivity index (χ1v) is 9.93. The van der Waals surface area contributed by atoms with Crippen LogP contribution in [0.2, 0.25) is 0 Å². The Bertz CT molecular complexity index is 1030. The molecule has 6 nitrogen and oxygen atoms in total. The number of nitrogens with zero attached hydrogens (tertiary/aromatic N) is 2. The summed E-state index contributed by atoms with van der Waals surface area (Å²) in [6, 6.07) is 20.2. The lowest BCUT2D eigenvalue weighted by molar-refractivity contribution is 0.260. The van der Waals surface area contributed by atoms with Crippen molar-refractivity contribution in [2.75, 3.05) is 37.5 Å². The minimum Gasteiger partial charge on any atom is -0.497 e. The SMILES string of the molecule is COc1ccc(N2COc3c(ccc4c3CN(c3ccc(OC)cc3)CO4)C2)cc1. The molecule has 2 aliphatic heterocycles. The summed E-state index contributed by atoms with van der Waals surface area (Å²) >= 11 is 0. The van der Waals surface area contributed by atoms with Crippen molar-refractivity contribution in [2.24, 2.45) is 0 Å². The highest BCUT2D eigenvalue weighted by molar-refractivity contribution is 5.59. The molecular formula is C24H24N2O4. The highest BCUT2D eigenvalue weighted by Crippen LogP contribution is 2.40. The van der Waals surface area contributed by atoms with E-state index >= 15 is 0 Å². The topological polar surface area (TPSA) is 43.4 Å². The Balaban J connectivity index is 1.38. The second kappa shape index (κ2) is 7.71. The molecule has 0 aromatic heterocycles. The van der Waals surface area contributed by atoms with Crippen LogP contribution in [0, 0.1) is 0 Å². The molecule has 0 amide bonds. The number of hydrogen-bond acceptors (Lipinski definition) is 6. The van der Waals surface area contributed by atoms with Gasteiger partial charge in [0.1, 0.15) is 23.0 Å². The van der Waals surface area contributed by atoms with Crippen molar-refractivity contribution in [3.05, 3.63) is 71.8 Å². The van der Waals surface area contributed by atoms with Crippen LogP contribution < -0.4 is 28.7 Å². The molecule has 0 fully saturated rings. The largest absolute Gasteiger partial charge is 0.497 e. The monoisotopic (exact) mass is 404 g/mol. The molecular weight excluding hydrogens is 380 g/mol. The maximum absolute atomic E-state index is 6.23. The fraction of sp³-hybridized carbons (Fsp3) is 0.250. The predicted octanol–water partition coefficient (Wildman–Crippen LogP) is 4.42. The molecule has 0 aliphatic carbocycles. The third kappa shape index (κ3) is 3.34. The number of methoxy groups -OCH3 is 2. The summed E-state index contributed by atoms with van der Waals surface area (Å²) in [5.74, 6) is 3.53. The molecule has 6 heteroatoms. The van der Waals surface area contributed by atoms with Gasteiger partial charge in [-0.3, -0.25) is 0 Å². The van der Waals surface area contributed by atoms with Gasteiger partial charge < -0.3 is 28.7 Å². The van der Waals surface area contributed by atoms with Gasteiger partial charge in [-0.15, -0.1) is 0 Å². The van der Waals surface area contributed by atoms with Gasteiger partial charge in [-0.1, -0.05) is 0 Å². The minimum atomic E-state index is 0.498. The number of rotatable bonds is 4. The summed E-state index contributed by atoms with van der Waals surface area (Å²) in [5, 5.41) is 0. The second-order valence-electron chi connectivity index (χ2n) is 7.37. The van der Waals surface area contributed by atoms with E-state index in [1.54, 1.807) is 14.2 Å². The van der Waals surface area contributed by atoms with Gasteiger partial charge in [0.2, 0.25) is 0 Å². The third-order valence-electron chi connectivity index (χ3n) is 5.62. The van der Waals surface area contributed by atoms with Gasteiger partial charge >= 0.3 is 0 Å². The molecule has 0 saturated carbocycles. The number of benzene rings is 3. The first-order valence-electron chi connectivity index (χ1n) is 9.93. The van der Waals surface area contributed by atoms with Crippen LogP contribution in [0.1, 0.15) is 11.1 Å². The molecule has 30 heavy (non-hydrogen) atoms. The van der Waals surface area contributed by atoms with E-state index in [0.717, 1.165) is 58.6 Å². The van der Waals surface area contributed by atoms with E-state index in [1.807, 2.05) is 24.3 Å². The summed E-state index contributed by atoms with van der Waals surface area (Å²) in [6.07, 6.45) is 0. The van der Waals surface area contributed by atoms with Crippen LogP contribution in [-0.4, -0.2) is 27.7 Å². The Hall–Kier alpha value is -3.54.